The van der Waals surface area contributed by atoms with E-state index in [1.807, 2.05) is 0 Å². The first-order chi connectivity index (χ1) is 7.59. The van der Waals surface area contributed by atoms with Crippen LogP contribution in [0, 0.1) is 22.6 Å². The Morgan fingerprint density at radius 3 is 2.69 bits per heavy atom. The molecule has 1 aliphatic carbocycles. The van der Waals surface area contributed by atoms with Gasteiger partial charge in [0.25, 0.3) is 0 Å². The summed E-state index contributed by atoms with van der Waals surface area (Å²) < 4.78 is 13.6. The summed E-state index contributed by atoms with van der Waals surface area (Å²) in [5.41, 5.74) is 5.73. The van der Waals surface area contributed by atoms with Gasteiger partial charge in [-0.2, -0.15) is 5.26 Å². The van der Waals surface area contributed by atoms with Crippen LogP contribution in [0.2, 0.25) is 5.02 Å². The zero-order valence-electron chi connectivity index (χ0n) is 8.71. The zero-order valence-corrected chi connectivity index (χ0v) is 9.47. The lowest BCUT2D eigenvalue weighted by atomic mass is 9.63. The number of hydrogen-bond acceptors (Lipinski definition) is 2. The third-order valence-electron chi connectivity index (χ3n) is 3.36. The van der Waals surface area contributed by atoms with E-state index in [4.69, 9.17) is 22.6 Å². The highest BCUT2D eigenvalue weighted by Gasteiger charge is 2.44. The number of nitrogens with two attached hydrogens (primary N) is 1. The van der Waals surface area contributed by atoms with Crippen LogP contribution in [0.1, 0.15) is 30.9 Å². The third kappa shape index (κ3) is 1.68. The van der Waals surface area contributed by atoms with E-state index in [0.717, 1.165) is 19.3 Å². The molecule has 16 heavy (non-hydrogen) atoms. The van der Waals surface area contributed by atoms with Gasteiger partial charge < -0.3 is 5.73 Å². The van der Waals surface area contributed by atoms with Gasteiger partial charge in [-0.05, 0) is 31.0 Å². The van der Waals surface area contributed by atoms with E-state index in [1.54, 1.807) is 0 Å². The fourth-order valence-electron chi connectivity index (χ4n) is 2.10. The van der Waals surface area contributed by atoms with Crippen molar-refractivity contribution in [3.8, 4) is 6.07 Å². The van der Waals surface area contributed by atoms with Crippen molar-refractivity contribution < 1.29 is 4.39 Å². The lowest BCUT2D eigenvalue weighted by molar-refractivity contribution is 0.166. The molecule has 1 aromatic rings. The van der Waals surface area contributed by atoms with Crippen LogP contribution >= 0.6 is 11.6 Å². The van der Waals surface area contributed by atoms with E-state index in [-0.39, 0.29) is 0 Å². The predicted molar refractivity (Wildman–Crippen MR) is 60.2 cm³/mol. The van der Waals surface area contributed by atoms with Crippen molar-refractivity contribution in [2.45, 2.75) is 25.3 Å². The molecule has 0 heterocycles. The second kappa shape index (κ2) is 4.04. The second-order valence-corrected chi connectivity index (χ2v) is 4.70. The van der Waals surface area contributed by atoms with Crippen molar-refractivity contribution in [3.63, 3.8) is 0 Å². The zero-order chi connectivity index (χ0) is 11.8. The molecule has 0 aromatic heterocycles. The number of benzene rings is 1. The van der Waals surface area contributed by atoms with Crippen molar-refractivity contribution in [3.05, 3.63) is 34.6 Å². The number of hydrogen-bond donors (Lipinski definition) is 1. The Morgan fingerprint density at radius 1 is 1.50 bits per heavy atom. The Kier molecular flexibility index (Phi) is 2.88. The fourth-order valence-corrected chi connectivity index (χ4v) is 2.28. The van der Waals surface area contributed by atoms with Crippen LogP contribution in [0.5, 0.6) is 0 Å². The summed E-state index contributed by atoms with van der Waals surface area (Å²) in [6.45, 7) is 0. The van der Waals surface area contributed by atoms with Crippen LogP contribution in [0.3, 0.4) is 0 Å². The summed E-state index contributed by atoms with van der Waals surface area (Å²) in [4.78, 5) is 0. The molecule has 2 N–H and O–H groups in total. The summed E-state index contributed by atoms with van der Waals surface area (Å²) in [7, 11) is 0. The molecule has 0 aliphatic heterocycles. The quantitative estimate of drug-likeness (QED) is 0.860. The lowest BCUT2D eigenvalue weighted by Crippen LogP contribution is -2.39. The van der Waals surface area contributed by atoms with Crippen LogP contribution < -0.4 is 5.73 Å². The van der Waals surface area contributed by atoms with E-state index in [2.05, 4.69) is 6.07 Å². The van der Waals surface area contributed by atoms with Gasteiger partial charge in [0, 0.05) is 10.6 Å². The van der Waals surface area contributed by atoms with Crippen molar-refractivity contribution >= 4 is 11.6 Å². The number of halogens is 2. The maximum Gasteiger partial charge on any atom is 0.128 e. The van der Waals surface area contributed by atoms with Gasteiger partial charge in [-0.3, -0.25) is 0 Å². The van der Waals surface area contributed by atoms with Gasteiger partial charge in [-0.1, -0.05) is 18.0 Å². The lowest BCUT2D eigenvalue weighted by Gasteiger charge is -2.40. The molecule has 1 aliphatic rings. The molecule has 84 valence electrons. The minimum absolute atomic E-state index is 0.341. The SMILES string of the molecule is N#CC1(C(N)c2cc(Cl)ccc2F)CCC1. The van der Waals surface area contributed by atoms with E-state index in [1.165, 1.54) is 18.2 Å². The Hall–Kier alpha value is -1.11. The van der Waals surface area contributed by atoms with Gasteiger partial charge in [0.1, 0.15) is 5.82 Å². The maximum absolute atomic E-state index is 13.6. The molecule has 0 spiro atoms. The molecule has 1 atom stereocenters. The van der Waals surface area contributed by atoms with Crippen LogP contribution in [0.4, 0.5) is 4.39 Å². The third-order valence-corrected chi connectivity index (χ3v) is 3.59. The van der Waals surface area contributed by atoms with E-state index in [0.29, 0.717) is 10.6 Å². The average molecular weight is 239 g/mol. The van der Waals surface area contributed by atoms with Gasteiger partial charge in [-0.15, -0.1) is 0 Å². The second-order valence-electron chi connectivity index (χ2n) is 4.27. The monoisotopic (exact) mass is 238 g/mol. The standard InChI is InChI=1S/C12H12ClFN2/c13-8-2-3-10(14)9(6-8)11(16)12(7-15)4-1-5-12/h2-3,6,11H,1,4-5,16H2. The highest BCUT2D eigenvalue weighted by Crippen LogP contribution is 2.49. The molecular weight excluding hydrogens is 227 g/mol. The van der Waals surface area contributed by atoms with Gasteiger partial charge in [0.05, 0.1) is 17.5 Å². The maximum atomic E-state index is 13.6. The molecular formula is C12H12ClFN2. The molecule has 4 heteroatoms. The van der Waals surface area contributed by atoms with Crippen LogP contribution in [-0.2, 0) is 0 Å². The predicted octanol–water partition coefficient (Wildman–Crippen LogP) is 3.17. The normalized spacial score (nSPS) is 19.6. The fraction of sp³-hybridized carbons (Fsp3) is 0.417. The summed E-state index contributed by atoms with van der Waals surface area (Å²) in [6.07, 6.45) is 2.44. The smallest absolute Gasteiger partial charge is 0.128 e. The van der Waals surface area contributed by atoms with Gasteiger partial charge in [-0.25, -0.2) is 4.39 Å². The van der Waals surface area contributed by atoms with E-state index in [9.17, 15) is 4.39 Å². The minimum atomic E-state index is -0.606. The minimum Gasteiger partial charge on any atom is -0.323 e. The molecule has 0 amide bonds. The first kappa shape index (κ1) is 11.4. The van der Waals surface area contributed by atoms with Crippen LogP contribution in [0.25, 0.3) is 0 Å². The summed E-state index contributed by atoms with van der Waals surface area (Å²) in [5, 5.41) is 9.59. The first-order valence-corrected chi connectivity index (χ1v) is 5.59. The van der Waals surface area contributed by atoms with E-state index >= 15 is 0 Å². The Morgan fingerprint density at radius 2 is 2.19 bits per heavy atom. The van der Waals surface area contributed by atoms with Crippen molar-refractivity contribution in [2.24, 2.45) is 11.1 Å². The Balaban J connectivity index is 2.37. The topological polar surface area (TPSA) is 49.8 Å². The largest absolute Gasteiger partial charge is 0.323 e. The highest BCUT2D eigenvalue weighted by molar-refractivity contribution is 6.30. The number of rotatable bonds is 2. The summed E-state index contributed by atoms with van der Waals surface area (Å²) in [5.74, 6) is -0.390. The molecule has 2 rings (SSSR count). The highest BCUT2D eigenvalue weighted by atomic mass is 35.5. The van der Waals surface area contributed by atoms with Gasteiger partial charge in [0.15, 0.2) is 0 Å². The van der Waals surface area contributed by atoms with Crippen molar-refractivity contribution in [2.75, 3.05) is 0 Å². The molecule has 0 radical (unpaired) electrons. The molecule has 2 nitrogen and oxygen atoms in total. The molecule has 1 aromatic carbocycles. The summed E-state index contributed by atoms with van der Waals surface area (Å²) in [6, 6.07) is 5.92. The summed E-state index contributed by atoms with van der Waals surface area (Å²) >= 11 is 5.81. The molecule has 0 bridgehead atoms. The van der Waals surface area contributed by atoms with Gasteiger partial charge >= 0.3 is 0 Å². The Labute approximate surface area is 98.8 Å². The van der Waals surface area contributed by atoms with Gasteiger partial charge in [0.2, 0.25) is 0 Å². The average Bonchev–Trinajstić information content (AvgIpc) is 2.21. The molecule has 1 saturated carbocycles. The molecule has 0 saturated heterocycles. The molecule has 1 fully saturated rings. The van der Waals surface area contributed by atoms with Crippen LogP contribution in [-0.4, -0.2) is 0 Å². The molecule has 1 unspecified atom stereocenters. The first-order valence-electron chi connectivity index (χ1n) is 5.21. The van der Waals surface area contributed by atoms with Crippen molar-refractivity contribution in [1.82, 2.24) is 0 Å². The van der Waals surface area contributed by atoms with E-state index < -0.39 is 17.3 Å². The Bertz CT molecular complexity index is 449. The number of nitrogens with zero attached hydrogens (tertiary/aromatic N) is 1. The number of nitriles is 1. The van der Waals surface area contributed by atoms with Crippen molar-refractivity contribution in [1.29, 1.82) is 5.26 Å². The van der Waals surface area contributed by atoms with Crippen LogP contribution in [0.15, 0.2) is 18.2 Å².